The second-order valence-electron chi connectivity index (χ2n) is 17.2. The number of esters is 1. The van der Waals surface area contributed by atoms with Crippen LogP contribution in [-0.2, 0) is 9.53 Å². The van der Waals surface area contributed by atoms with Crippen LogP contribution in [-0.4, -0.2) is 24.3 Å². The monoisotopic (exact) mass is 761 g/mol. The van der Waals surface area contributed by atoms with Gasteiger partial charge in [0, 0.05) is 13.0 Å². The molecule has 0 rings (SSSR count). The van der Waals surface area contributed by atoms with Crippen LogP contribution in [0.25, 0.3) is 0 Å². The van der Waals surface area contributed by atoms with Gasteiger partial charge in [0.15, 0.2) is 0 Å². The summed E-state index contributed by atoms with van der Waals surface area (Å²) in [5.41, 5.74) is 0. The van der Waals surface area contributed by atoms with Gasteiger partial charge in [-0.05, 0) is 38.5 Å². The van der Waals surface area contributed by atoms with Crippen LogP contribution in [0, 0.1) is 0 Å². The van der Waals surface area contributed by atoms with Crippen molar-refractivity contribution in [1.82, 2.24) is 0 Å². The summed E-state index contributed by atoms with van der Waals surface area (Å²) in [4.78, 5) is 12.0. The SMILES string of the molecule is CCCC/C=C\CCCCCCCC(=O)OCCCCCCCCCCCCCCCCCCCCCCCCCCCCCCCCCCCCCO. The summed E-state index contributed by atoms with van der Waals surface area (Å²) < 4.78 is 5.46. The maximum absolute atomic E-state index is 12.0. The normalized spacial score (nSPS) is 11.7. The molecule has 54 heavy (non-hydrogen) atoms. The summed E-state index contributed by atoms with van der Waals surface area (Å²) in [7, 11) is 0. The first kappa shape index (κ1) is 53.2. The van der Waals surface area contributed by atoms with Crippen molar-refractivity contribution < 1.29 is 14.6 Å². The number of hydrogen-bond acceptors (Lipinski definition) is 3. The lowest BCUT2D eigenvalue weighted by Crippen LogP contribution is -2.05. The molecule has 0 saturated heterocycles. The van der Waals surface area contributed by atoms with E-state index in [0.717, 1.165) is 25.7 Å². The molecule has 0 fully saturated rings. The minimum atomic E-state index is 0.0162. The third-order valence-corrected chi connectivity index (χ3v) is 11.7. The Morgan fingerprint density at radius 3 is 0.926 bits per heavy atom. The van der Waals surface area contributed by atoms with Crippen LogP contribution in [0.2, 0.25) is 0 Å². The fourth-order valence-electron chi connectivity index (χ4n) is 7.93. The second-order valence-corrected chi connectivity index (χ2v) is 17.2. The minimum absolute atomic E-state index is 0.0162. The number of aliphatic hydroxyl groups is 1. The van der Waals surface area contributed by atoms with Crippen molar-refractivity contribution in [3.05, 3.63) is 12.2 Å². The standard InChI is InChI=1S/C51H100O3/c1-2-3-4-5-6-7-33-36-39-42-45-48-51(53)54-50-47-44-41-38-35-32-30-28-26-24-22-20-18-16-14-12-10-8-9-11-13-15-17-19-21-23-25-27-29-31-34-37-40-43-46-49-52/h5-6,52H,2-4,7-50H2,1H3/b6-5-. The molecule has 0 amide bonds. The summed E-state index contributed by atoms with van der Waals surface area (Å²) in [6.45, 7) is 3.24. The lowest BCUT2D eigenvalue weighted by atomic mass is 10.0. The Labute approximate surface area is 340 Å². The molecule has 0 spiro atoms. The third-order valence-electron chi connectivity index (χ3n) is 11.7. The number of rotatable bonds is 48. The molecule has 0 aromatic heterocycles. The number of allylic oxidation sites excluding steroid dienone is 2. The molecule has 3 heteroatoms. The molecule has 0 unspecified atom stereocenters. The number of unbranched alkanes of at least 4 members (excludes halogenated alkanes) is 41. The quantitative estimate of drug-likeness (QED) is 0.0382. The molecule has 0 bridgehead atoms. The first-order chi connectivity index (χ1) is 26.8. The highest BCUT2D eigenvalue weighted by Crippen LogP contribution is 2.17. The maximum atomic E-state index is 12.0. The largest absolute Gasteiger partial charge is 0.466 e. The van der Waals surface area contributed by atoms with E-state index in [9.17, 15) is 4.79 Å². The first-order valence-corrected chi connectivity index (χ1v) is 25.2. The first-order valence-electron chi connectivity index (χ1n) is 25.2. The number of ether oxygens (including phenoxy) is 1. The van der Waals surface area contributed by atoms with Crippen LogP contribution >= 0.6 is 0 Å². The molecule has 322 valence electrons. The maximum Gasteiger partial charge on any atom is 0.305 e. The Bertz CT molecular complexity index is 703. The predicted octanol–water partition coefficient (Wildman–Crippen LogP) is 17.7. The Kier molecular flexibility index (Phi) is 49.4. The zero-order chi connectivity index (χ0) is 38.9. The van der Waals surface area contributed by atoms with E-state index < -0.39 is 0 Å². The van der Waals surface area contributed by atoms with Gasteiger partial charge in [-0.1, -0.05) is 263 Å². The Balaban J connectivity index is 3.12. The van der Waals surface area contributed by atoms with E-state index in [1.54, 1.807) is 0 Å². The van der Waals surface area contributed by atoms with Gasteiger partial charge >= 0.3 is 5.97 Å². The second kappa shape index (κ2) is 50.2. The van der Waals surface area contributed by atoms with Crippen molar-refractivity contribution in [2.75, 3.05) is 13.2 Å². The zero-order valence-electron chi connectivity index (χ0n) is 37.2. The van der Waals surface area contributed by atoms with Crippen molar-refractivity contribution in [2.24, 2.45) is 0 Å². The molecule has 1 N–H and O–H groups in total. The van der Waals surface area contributed by atoms with Crippen LogP contribution in [0.1, 0.15) is 296 Å². The van der Waals surface area contributed by atoms with Gasteiger partial charge in [0.1, 0.15) is 0 Å². The van der Waals surface area contributed by atoms with Crippen LogP contribution in [0.5, 0.6) is 0 Å². The van der Waals surface area contributed by atoms with Gasteiger partial charge in [-0.2, -0.15) is 0 Å². The molecule has 3 nitrogen and oxygen atoms in total. The topological polar surface area (TPSA) is 46.5 Å². The highest BCUT2D eigenvalue weighted by Gasteiger charge is 2.03. The molecule has 0 aliphatic carbocycles. The number of aliphatic hydroxyl groups excluding tert-OH is 1. The van der Waals surface area contributed by atoms with Crippen molar-refractivity contribution >= 4 is 5.97 Å². The van der Waals surface area contributed by atoms with Gasteiger partial charge in [-0.25, -0.2) is 0 Å². The molecule has 0 heterocycles. The zero-order valence-corrected chi connectivity index (χ0v) is 37.2. The summed E-state index contributed by atoms with van der Waals surface area (Å²) in [5.74, 6) is 0.0162. The van der Waals surface area contributed by atoms with Gasteiger partial charge in [-0.15, -0.1) is 0 Å². The van der Waals surface area contributed by atoms with Crippen LogP contribution in [0.3, 0.4) is 0 Å². The van der Waals surface area contributed by atoms with E-state index in [-0.39, 0.29) is 5.97 Å². The molecule has 0 aromatic carbocycles. The summed E-state index contributed by atoms with van der Waals surface area (Å²) in [6, 6.07) is 0. The Hall–Kier alpha value is -0.830. The average Bonchev–Trinajstić information content (AvgIpc) is 3.18. The lowest BCUT2D eigenvalue weighted by Gasteiger charge is -2.06. The molecule has 0 radical (unpaired) electrons. The van der Waals surface area contributed by atoms with Crippen molar-refractivity contribution in [3.63, 3.8) is 0 Å². The third kappa shape index (κ3) is 49.2. The minimum Gasteiger partial charge on any atom is -0.466 e. The molecule has 0 saturated carbocycles. The van der Waals surface area contributed by atoms with Gasteiger partial charge in [-0.3, -0.25) is 4.79 Å². The number of carbonyl (C=O) groups is 1. The fourth-order valence-corrected chi connectivity index (χ4v) is 7.93. The van der Waals surface area contributed by atoms with E-state index >= 15 is 0 Å². The number of carbonyl (C=O) groups excluding carboxylic acids is 1. The highest BCUT2D eigenvalue weighted by atomic mass is 16.5. The van der Waals surface area contributed by atoms with Gasteiger partial charge in [0.05, 0.1) is 6.61 Å². The van der Waals surface area contributed by atoms with E-state index in [1.165, 1.54) is 257 Å². The Morgan fingerprint density at radius 2 is 0.611 bits per heavy atom. The molecular formula is C51H100O3. The fraction of sp³-hybridized carbons (Fsp3) is 0.941. The van der Waals surface area contributed by atoms with Crippen LogP contribution in [0.15, 0.2) is 12.2 Å². The summed E-state index contributed by atoms with van der Waals surface area (Å²) in [6.07, 6.45) is 65.2. The van der Waals surface area contributed by atoms with E-state index in [0.29, 0.717) is 19.6 Å². The van der Waals surface area contributed by atoms with E-state index in [2.05, 4.69) is 19.1 Å². The molecule has 0 atom stereocenters. The van der Waals surface area contributed by atoms with Crippen LogP contribution in [0.4, 0.5) is 0 Å². The van der Waals surface area contributed by atoms with Crippen LogP contribution < -0.4 is 0 Å². The van der Waals surface area contributed by atoms with E-state index in [1.807, 2.05) is 0 Å². The summed E-state index contributed by atoms with van der Waals surface area (Å²) >= 11 is 0. The molecule has 0 aliphatic heterocycles. The molecule has 0 aromatic rings. The predicted molar refractivity (Wildman–Crippen MR) is 241 cm³/mol. The molecule has 0 aliphatic rings. The Morgan fingerprint density at radius 1 is 0.352 bits per heavy atom. The number of hydrogen-bond donors (Lipinski definition) is 1. The van der Waals surface area contributed by atoms with Gasteiger partial charge in [0.25, 0.3) is 0 Å². The smallest absolute Gasteiger partial charge is 0.305 e. The van der Waals surface area contributed by atoms with Crippen molar-refractivity contribution in [1.29, 1.82) is 0 Å². The van der Waals surface area contributed by atoms with Crippen molar-refractivity contribution in [2.45, 2.75) is 296 Å². The van der Waals surface area contributed by atoms with Crippen molar-refractivity contribution in [3.8, 4) is 0 Å². The average molecular weight is 761 g/mol. The van der Waals surface area contributed by atoms with Gasteiger partial charge in [0.2, 0.25) is 0 Å². The van der Waals surface area contributed by atoms with Gasteiger partial charge < -0.3 is 9.84 Å². The highest BCUT2D eigenvalue weighted by molar-refractivity contribution is 5.69. The molecular weight excluding hydrogens is 661 g/mol. The summed E-state index contributed by atoms with van der Waals surface area (Å²) in [5, 5.41) is 8.82. The van der Waals surface area contributed by atoms with E-state index in [4.69, 9.17) is 9.84 Å². The lowest BCUT2D eigenvalue weighted by molar-refractivity contribution is -0.143.